The topological polar surface area (TPSA) is 111 Å². The number of halogens is 3. The van der Waals surface area contributed by atoms with E-state index >= 15 is 0 Å². The summed E-state index contributed by atoms with van der Waals surface area (Å²) in [5.41, 5.74) is -4.30. The Balaban J connectivity index is 2.47. The van der Waals surface area contributed by atoms with Crippen LogP contribution in [-0.4, -0.2) is 38.2 Å². The van der Waals surface area contributed by atoms with Crippen LogP contribution in [-0.2, 0) is 22.8 Å². The van der Waals surface area contributed by atoms with E-state index in [0.29, 0.717) is 6.07 Å². The van der Waals surface area contributed by atoms with E-state index in [1.807, 2.05) is 0 Å². The number of hydrogen-bond donors (Lipinski definition) is 2. The van der Waals surface area contributed by atoms with Gasteiger partial charge in [0.2, 0.25) is 0 Å². The number of aromatic nitrogens is 2. The lowest BCUT2D eigenvalue weighted by Crippen LogP contribution is -2.44. The van der Waals surface area contributed by atoms with E-state index < -0.39 is 57.9 Å². The molecule has 1 amide bonds. The number of carbonyl (C=O) groups excluding carboxylic acids is 2. The predicted octanol–water partition coefficient (Wildman–Crippen LogP) is 2.12. The highest BCUT2D eigenvalue weighted by Gasteiger charge is 2.34. The first-order chi connectivity index (χ1) is 13.1. The summed E-state index contributed by atoms with van der Waals surface area (Å²) < 4.78 is 44.5. The molecule has 0 aromatic carbocycles. The molecule has 2 aromatic rings. The summed E-state index contributed by atoms with van der Waals surface area (Å²) in [6.45, 7) is 6.22. The summed E-state index contributed by atoms with van der Waals surface area (Å²) in [6, 6.07) is 0.387. The normalized spacial score (nSPS) is 13.2. The van der Waals surface area contributed by atoms with Crippen LogP contribution in [0.2, 0.25) is 0 Å². The molecule has 1 atom stereocenters. The fourth-order valence-electron chi connectivity index (χ4n) is 2.47. The number of aryl methyl sites for hydroxylation is 1. The fraction of sp³-hybridized carbons (Fsp3) is 0.444. The van der Waals surface area contributed by atoms with Crippen molar-refractivity contribution >= 4 is 22.9 Å². The molecule has 0 spiro atoms. The van der Waals surface area contributed by atoms with E-state index in [1.165, 1.54) is 6.92 Å². The van der Waals surface area contributed by atoms with Gasteiger partial charge in [-0.2, -0.15) is 13.2 Å². The zero-order valence-corrected chi connectivity index (χ0v) is 16.3. The van der Waals surface area contributed by atoms with Crippen LogP contribution in [0.3, 0.4) is 0 Å². The maximum atomic E-state index is 12.9. The number of amides is 1. The van der Waals surface area contributed by atoms with E-state index in [9.17, 15) is 32.7 Å². The molecule has 0 unspecified atom stereocenters. The van der Waals surface area contributed by atoms with Crippen LogP contribution in [0, 0.1) is 0 Å². The largest absolute Gasteiger partial charge is 0.506 e. The molecular weight excluding hydrogens is 395 g/mol. The Labute approximate surface area is 163 Å². The number of rotatable bonds is 3. The van der Waals surface area contributed by atoms with Gasteiger partial charge < -0.3 is 15.2 Å². The third-order valence-corrected chi connectivity index (χ3v) is 3.83. The van der Waals surface area contributed by atoms with Crippen molar-refractivity contribution in [3.63, 3.8) is 0 Å². The summed E-state index contributed by atoms with van der Waals surface area (Å²) >= 11 is 0. The van der Waals surface area contributed by atoms with Gasteiger partial charge in [0, 0.05) is 7.05 Å². The molecule has 0 fully saturated rings. The van der Waals surface area contributed by atoms with Gasteiger partial charge in [-0.3, -0.25) is 14.2 Å². The second-order valence-electron chi connectivity index (χ2n) is 7.38. The van der Waals surface area contributed by atoms with Crippen LogP contribution in [0.4, 0.5) is 13.2 Å². The molecule has 158 valence electrons. The van der Waals surface area contributed by atoms with Crippen LogP contribution in [0.1, 0.15) is 43.7 Å². The van der Waals surface area contributed by atoms with E-state index in [4.69, 9.17) is 4.74 Å². The third kappa shape index (κ3) is 4.66. The molecule has 0 aliphatic heterocycles. The summed E-state index contributed by atoms with van der Waals surface area (Å²) in [5, 5.41) is 12.4. The standard InChI is InChI=1S/C18H20F3N3O5/c1-8(16(28)29-17(2,3)4)22-14(26)11-12(25)9-6-7-10(18(19,20)21)23-13(9)24(5)15(11)27/h6-8,25H,1-5H3,(H,22,26)/t8-/m0/s1. The Bertz CT molecular complexity index is 1040. The first kappa shape index (κ1) is 22.2. The molecular formula is C18H20F3N3O5. The van der Waals surface area contributed by atoms with Gasteiger partial charge in [0.15, 0.2) is 0 Å². The van der Waals surface area contributed by atoms with Gasteiger partial charge in [0.05, 0.1) is 5.39 Å². The summed E-state index contributed by atoms with van der Waals surface area (Å²) in [7, 11) is 1.12. The van der Waals surface area contributed by atoms with Crippen molar-refractivity contribution in [2.24, 2.45) is 7.05 Å². The molecule has 29 heavy (non-hydrogen) atoms. The number of esters is 1. The Kier molecular flexibility index (Phi) is 5.64. The van der Waals surface area contributed by atoms with Crippen LogP contribution in [0.25, 0.3) is 11.0 Å². The molecule has 0 aliphatic carbocycles. The minimum absolute atomic E-state index is 0.227. The number of pyridine rings is 2. The number of ether oxygens (including phenoxy) is 1. The Morgan fingerprint density at radius 1 is 1.24 bits per heavy atom. The van der Waals surface area contributed by atoms with Crippen molar-refractivity contribution in [1.82, 2.24) is 14.9 Å². The maximum Gasteiger partial charge on any atom is 0.433 e. The Hall–Kier alpha value is -3.11. The third-order valence-electron chi connectivity index (χ3n) is 3.83. The maximum absolute atomic E-state index is 12.9. The average molecular weight is 415 g/mol. The molecule has 0 aliphatic rings. The van der Waals surface area contributed by atoms with Crippen LogP contribution < -0.4 is 10.9 Å². The smallest absolute Gasteiger partial charge is 0.433 e. The van der Waals surface area contributed by atoms with Gasteiger partial charge in [-0.15, -0.1) is 0 Å². The lowest BCUT2D eigenvalue weighted by molar-refractivity contribution is -0.156. The first-order valence-electron chi connectivity index (χ1n) is 8.47. The van der Waals surface area contributed by atoms with E-state index in [-0.39, 0.29) is 5.39 Å². The first-order valence-corrected chi connectivity index (χ1v) is 8.47. The van der Waals surface area contributed by atoms with Crippen molar-refractivity contribution in [2.45, 2.75) is 45.5 Å². The number of carbonyl (C=O) groups is 2. The molecule has 8 nitrogen and oxygen atoms in total. The number of nitrogens with one attached hydrogen (secondary N) is 1. The van der Waals surface area contributed by atoms with Gasteiger partial charge in [-0.05, 0) is 39.8 Å². The van der Waals surface area contributed by atoms with Gasteiger partial charge in [-0.1, -0.05) is 0 Å². The monoisotopic (exact) mass is 415 g/mol. The van der Waals surface area contributed by atoms with Crippen molar-refractivity contribution < 1.29 is 32.6 Å². The van der Waals surface area contributed by atoms with E-state index in [1.54, 1.807) is 20.8 Å². The molecule has 2 N–H and O–H groups in total. The summed E-state index contributed by atoms with van der Waals surface area (Å²) in [6.07, 6.45) is -4.75. The SMILES string of the molecule is C[C@H](NC(=O)c1c(O)c2ccc(C(F)(F)F)nc2n(C)c1=O)C(=O)OC(C)(C)C. The Morgan fingerprint density at radius 2 is 1.83 bits per heavy atom. The Morgan fingerprint density at radius 3 is 2.34 bits per heavy atom. The highest BCUT2D eigenvalue weighted by atomic mass is 19.4. The molecule has 2 aromatic heterocycles. The lowest BCUT2D eigenvalue weighted by atomic mass is 10.1. The molecule has 0 radical (unpaired) electrons. The highest BCUT2D eigenvalue weighted by Crippen LogP contribution is 2.31. The van der Waals surface area contributed by atoms with E-state index in [0.717, 1.165) is 17.7 Å². The number of aromatic hydroxyl groups is 1. The van der Waals surface area contributed by atoms with Crippen molar-refractivity contribution in [3.8, 4) is 5.75 Å². The van der Waals surface area contributed by atoms with Gasteiger partial charge >= 0.3 is 12.1 Å². The second-order valence-corrected chi connectivity index (χ2v) is 7.38. The summed E-state index contributed by atoms with van der Waals surface area (Å²) in [5.74, 6) is -2.68. The lowest BCUT2D eigenvalue weighted by Gasteiger charge is -2.22. The fourth-order valence-corrected chi connectivity index (χ4v) is 2.47. The van der Waals surface area contributed by atoms with Crippen molar-refractivity contribution in [1.29, 1.82) is 0 Å². The zero-order valence-electron chi connectivity index (χ0n) is 16.3. The van der Waals surface area contributed by atoms with Crippen molar-refractivity contribution in [2.75, 3.05) is 0 Å². The van der Waals surface area contributed by atoms with Crippen LogP contribution in [0.15, 0.2) is 16.9 Å². The van der Waals surface area contributed by atoms with Gasteiger partial charge in [-0.25, -0.2) is 9.78 Å². The highest BCUT2D eigenvalue weighted by molar-refractivity contribution is 6.03. The van der Waals surface area contributed by atoms with Gasteiger partial charge in [0.1, 0.15) is 34.3 Å². The predicted molar refractivity (Wildman–Crippen MR) is 96.4 cm³/mol. The second kappa shape index (κ2) is 7.37. The average Bonchev–Trinajstić information content (AvgIpc) is 2.57. The molecule has 0 saturated carbocycles. The van der Waals surface area contributed by atoms with Gasteiger partial charge in [0.25, 0.3) is 11.5 Å². The van der Waals surface area contributed by atoms with E-state index in [2.05, 4.69) is 10.3 Å². The quantitative estimate of drug-likeness (QED) is 0.743. The number of fused-ring (bicyclic) bond motifs is 1. The molecule has 2 heterocycles. The molecule has 0 saturated heterocycles. The molecule has 0 bridgehead atoms. The number of hydrogen-bond acceptors (Lipinski definition) is 6. The van der Waals surface area contributed by atoms with Crippen LogP contribution >= 0.6 is 0 Å². The molecule has 2 rings (SSSR count). The minimum Gasteiger partial charge on any atom is -0.506 e. The minimum atomic E-state index is -4.75. The number of alkyl halides is 3. The summed E-state index contributed by atoms with van der Waals surface area (Å²) in [4.78, 5) is 40.4. The molecule has 11 heteroatoms. The van der Waals surface area contributed by atoms with Crippen molar-refractivity contribution in [3.05, 3.63) is 33.7 Å². The number of nitrogens with zero attached hydrogens (tertiary/aromatic N) is 2. The zero-order chi connectivity index (χ0) is 22.3. The van der Waals surface area contributed by atoms with Crippen LogP contribution in [0.5, 0.6) is 5.75 Å².